The summed E-state index contributed by atoms with van der Waals surface area (Å²) in [7, 11) is 3.23. The van der Waals surface area contributed by atoms with Crippen LogP contribution in [0.25, 0.3) is 0 Å². The highest BCUT2D eigenvalue weighted by atomic mass is 79.9. The van der Waals surface area contributed by atoms with E-state index in [0.717, 1.165) is 15.8 Å². The van der Waals surface area contributed by atoms with Gasteiger partial charge in [0.1, 0.15) is 16.0 Å². The van der Waals surface area contributed by atoms with E-state index < -0.39 is 0 Å². The minimum atomic E-state index is -0.116. The van der Waals surface area contributed by atoms with Crippen molar-refractivity contribution in [1.82, 2.24) is 0 Å². The van der Waals surface area contributed by atoms with E-state index in [1.54, 1.807) is 20.3 Å². The van der Waals surface area contributed by atoms with Gasteiger partial charge in [-0.05, 0) is 34.5 Å². The number of nitrogens with two attached hydrogens (primary N) is 1. The Morgan fingerprint density at radius 3 is 2.62 bits per heavy atom. The summed E-state index contributed by atoms with van der Waals surface area (Å²) in [5.74, 6) is 1.44. The third kappa shape index (κ3) is 2.57. The van der Waals surface area contributed by atoms with Gasteiger partial charge in [-0.25, -0.2) is 0 Å². The second-order valence-corrected chi connectivity index (χ2v) is 4.13. The first kappa shape index (κ1) is 13.1. The maximum Gasteiger partial charge on any atom is 0.141 e. The second kappa shape index (κ2) is 5.92. The summed E-state index contributed by atoms with van der Waals surface area (Å²) in [5.41, 5.74) is 6.97. The zero-order valence-corrected chi connectivity index (χ0v) is 11.1. The van der Waals surface area contributed by atoms with Crippen LogP contribution in [0.4, 0.5) is 0 Å². The molecule has 1 rings (SSSR count). The van der Waals surface area contributed by atoms with Crippen LogP contribution in [0, 0.1) is 0 Å². The molecule has 0 fully saturated rings. The number of methoxy groups -OCH3 is 2. The van der Waals surface area contributed by atoms with Crippen LogP contribution in [0.5, 0.6) is 11.5 Å². The van der Waals surface area contributed by atoms with Gasteiger partial charge in [0, 0.05) is 11.6 Å². The number of halogens is 1. The first-order valence-corrected chi connectivity index (χ1v) is 5.71. The smallest absolute Gasteiger partial charge is 0.141 e. The van der Waals surface area contributed by atoms with Crippen LogP contribution in [-0.4, -0.2) is 14.2 Å². The standard InChI is InChI=1S/C12H16BrNO2/c1-4-5-9(14)8-6-7-10(15-2)11(13)12(8)16-3/h4,6-7,9H,1,5,14H2,2-3H3. The van der Waals surface area contributed by atoms with Gasteiger partial charge in [0.25, 0.3) is 0 Å². The van der Waals surface area contributed by atoms with E-state index in [9.17, 15) is 0 Å². The number of ether oxygens (including phenoxy) is 2. The highest BCUT2D eigenvalue weighted by molar-refractivity contribution is 9.10. The zero-order chi connectivity index (χ0) is 12.1. The highest BCUT2D eigenvalue weighted by Gasteiger charge is 2.16. The van der Waals surface area contributed by atoms with Crippen molar-refractivity contribution in [3.8, 4) is 11.5 Å². The SMILES string of the molecule is C=CCC(N)c1ccc(OC)c(Br)c1OC. The first-order valence-electron chi connectivity index (χ1n) is 4.92. The lowest BCUT2D eigenvalue weighted by molar-refractivity contribution is 0.383. The van der Waals surface area contributed by atoms with Gasteiger partial charge in [-0.2, -0.15) is 0 Å². The van der Waals surface area contributed by atoms with E-state index in [1.807, 2.05) is 12.1 Å². The minimum absolute atomic E-state index is 0.116. The van der Waals surface area contributed by atoms with Crippen molar-refractivity contribution in [2.24, 2.45) is 5.73 Å². The van der Waals surface area contributed by atoms with Crippen LogP contribution in [0.2, 0.25) is 0 Å². The largest absolute Gasteiger partial charge is 0.495 e. The van der Waals surface area contributed by atoms with Gasteiger partial charge < -0.3 is 15.2 Å². The molecular weight excluding hydrogens is 270 g/mol. The molecule has 16 heavy (non-hydrogen) atoms. The molecule has 0 aliphatic rings. The zero-order valence-electron chi connectivity index (χ0n) is 9.50. The summed E-state index contributed by atoms with van der Waals surface area (Å²) in [4.78, 5) is 0. The van der Waals surface area contributed by atoms with E-state index in [0.29, 0.717) is 12.2 Å². The average Bonchev–Trinajstić information content (AvgIpc) is 2.28. The average molecular weight is 286 g/mol. The molecule has 0 aliphatic heterocycles. The van der Waals surface area contributed by atoms with Crippen molar-refractivity contribution in [3.63, 3.8) is 0 Å². The van der Waals surface area contributed by atoms with E-state index in [-0.39, 0.29) is 6.04 Å². The van der Waals surface area contributed by atoms with E-state index in [1.165, 1.54) is 0 Å². The summed E-state index contributed by atoms with van der Waals surface area (Å²) in [6.45, 7) is 3.68. The molecule has 1 aromatic carbocycles. The number of hydrogen-bond acceptors (Lipinski definition) is 3. The number of rotatable bonds is 5. The lowest BCUT2D eigenvalue weighted by atomic mass is 10.0. The fraction of sp³-hybridized carbons (Fsp3) is 0.333. The monoisotopic (exact) mass is 285 g/mol. The molecule has 88 valence electrons. The second-order valence-electron chi connectivity index (χ2n) is 3.34. The molecule has 0 saturated heterocycles. The molecule has 2 N–H and O–H groups in total. The maximum absolute atomic E-state index is 6.03. The Bertz CT molecular complexity index is 380. The molecule has 1 atom stereocenters. The van der Waals surface area contributed by atoms with Crippen LogP contribution in [-0.2, 0) is 0 Å². The van der Waals surface area contributed by atoms with Gasteiger partial charge in [-0.1, -0.05) is 6.08 Å². The van der Waals surface area contributed by atoms with E-state index >= 15 is 0 Å². The van der Waals surface area contributed by atoms with Crippen molar-refractivity contribution < 1.29 is 9.47 Å². The van der Waals surface area contributed by atoms with Crippen LogP contribution < -0.4 is 15.2 Å². The quantitative estimate of drug-likeness (QED) is 0.846. The number of hydrogen-bond donors (Lipinski definition) is 1. The van der Waals surface area contributed by atoms with Crippen molar-refractivity contribution in [2.45, 2.75) is 12.5 Å². The Kier molecular flexibility index (Phi) is 4.83. The van der Waals surface area contributed by atoms with Crippen molar-refractivity contribution in [1.29, 1.82) is 0 Å². The summed E-state index contributed by atoms with van der Waals surface area (Å²) in [6.07, 6.45) is 2.50. The maximum atomic E-state index is 6.03. The molecule has 4 heteroatoms. The molecule has 1 aromatic rings. The lowest BCUT2D eigenvalue weighted by Gasteiger charge is -2.17. The fourth-order valence-corrected chi connectivity index (χ4v) is 2.20. The molecule has 3 nitrogen and oxygen atoms in total. The Morgan fingerprint density at radius 1 is 1.44 bits per heavy atom. The molecular formula is C12H16BrNO2. The van der Waals surface area contributed by atoms with Gasteiger partial charge in [-0.3, -0.25) is 0 Å². The summed E-state index contributed by atoms with van der Waals surface area (Å²) >= 11 is 3.44. The van der Waals surface area contributed by atoms with Crippen molar-refractivity contribution in [2.75, 3.05) is 14.2 Å². The highest BCUT2D eigenvalue weighted by Crippen LogP contribution is 2.39. The summed E-state index contributed by atoms with van der Waals surface area (Å²) in [6, 6.07) is 3.66. The third-order valence-electron chi connectivity index (χ3n) is 2.34. The Labute approximate surface area is 104 Å². The van der Waals surface area contributed by atoms with Gasteiger partial charge >= 0.3 is 0 Å². The van der Waals surface area contributed by atoms with Gasteiger partial charge in [0.2, 0.25) is 0 Å². The normalized spacial score (nSPS) is 12.0. The Balaban J connectivity index is 3.19. The first-order chi connectivity index (χ1) is 7.65. The van der Waals surface area contributed by atoms with Crippen molar-refractivity contribution >= 4 is 15.9 Å². The van der Waals surface area contributed by atoms with Gasteiger partial charge in [0.15, 0.2) is 0 Å². The molecule has 1 unspecified atom stereocenters. The molecule has 0 aliphatic carbocycles. The van der Waals surface area contributed by atoms with Crippen LogP contribution in [0.3, 0.4) is 0 Å². The molecule has 0 amide bonds. The van der Waals surface area contributed by atoms with E-state index in [4.69, 9.17) is 15.2 Å². The molecule has 0 saturated carbocycles. The van der Waals surface area contributed by atoms with Crippen LogP contribution in [0.1, 0.15) is 18.0 Å². The molecule has 0 spiro atoms. The predicted octanol–water partition coefficient (Wildman–Crippen LogP) is 3.04. The predicted molar refractivity (Wildman–Crippen MR) is 69.0 cm³/mol. The Hall–Kier alpha value is -1.00. The Morgan fingerprint density at radius 2 is 2.12 bits per heavy atom. The van der Waals surface area contributed by atoms with Crippen LogP contribution in [0.15, 0.2) is 29.3 Å². The van der Waals surface area contributed by atoms with E-state index in [2.05, 4.69) is 22.5 Å². The molecule has 0 heterocycles. The summed E-state index contributed by atoms with van der Waals surface area (Å²) < 4.78 is 11.3. The molecule has 0 radical (unpaired) electrons. The number of benzene rings is 1. The van der Waals surface area contributed by atoms with Gasteiger partial charge in [-0.15, -0.1) is 6.58 Å². The minimum Gasteiger partial charge on any atom is -0.495 e. The summed E-state index contributed by atoms with van der Waals surface area (Å²) in [5, 5.41) is 0. The lowest BCUT2D eigenvalue weighted by Crippen LogP contribution is -2.11. The van der Waals surface area contributed by atoms with Crippen molar-refractivity contribution in [3.05, 3.63) is 34.8 Å². The van der Waals surface area contributed by atoms with Crippen LogP contribution >= 0.6 is 15.9 Å². The third-order valence-corrected chi connectivity index (χ3v) is 3.09. The topological polar surface area (TPSA) is 44.5 Å². The molecule has 0 bridgehead atoms. The van der Waals surface area contributed by atoms with Gasteiger partial charge in [0.05, 0.1) is 14.2 Å². The fourth-order valence-electron chi connectivity index (χ4n) is 1.52. The molecule has 0 aromatic heterocycles.